The molecule has 0 bridgehead atoms. The third-order valence-corrected chi connectivity index (χ3v) is 3.62. The van der Waals surface area contributed by atoms with Gasteiger partial charge in [-0.05, 0) is 38.0 Å². The monoisotopic (exact) mass is 272 g/mol. The number of Topliss-reactive ketones (excluding diaryl/α,β-unsaturated/α-hetero) is 1. The van der Waals surface area contributed by atoms with Gasteiger partial charge in [0.2, 0.25) is 0 Å². The Morgan fingerprint density at radius 3 is 2.32 bits per heavy atom. The normalized spacial score (nSPS) is 10.5. The number of hydrogen-bond acceptors (Lipinski definition) is 1. The van der Waals surface area contributed by atoms with E-state index in [0.717, 1.165) is 11.1 Å². The maximum atomic E-state index is 12.4. The fourth-order valence-electron chi connectivity index (χ4n) is 2.36. The van der Waals surface area contributed by atoms with Crippen LogP contribution < -0.4 is 0 Å². The molecule has 0 aromatic heterocycles. The van der Waals surface area contributed by atoms with E-state index in [9.17, 15) is 4.79 Å². The topological polar surface area (TPSA) is 17.1 Å². The number of benzene rings is 2. The van der Waals surface area contributed by atoms with Crippen LogP contribution in [0.25, 0.3) is 0 Å². The van der Waals surface area contributed by atoms with Gasteiger partial charge in [0, 0.05) is 17.0 Å². The first-order valence-electron chi connectivity index (χ1n) is 6.33. The predicted octanol–water partition coefficient (Wildman–Crippen LogP) is 4.69. The van der Waals surface area contributed by atoms with Gasteiger partial charge >= 0.3 is 0 Å². The van der Waals surface area contributed by atoms with Gasteiger partial charge < -0.3 is 0 Å². The third kappa shape index (κ3) is 3.24. The Morgan fingerprint density at radius 2 is 1.68 bits per heavy atom. The van der Waals surface area contributed by atoms with Crippen molar-refractivity contribution >= 4 is 17.4 Å². The van der Waals surface area contributed by atoms with E-state index in [4.69, 9.17) is 11.6 Å². The summed E-state index contributed by atoms with van der Waals surface area (Å²) in [5, 5.41) is 0.645. The Hall–Kier alpha value is -1.60. The van der Waals surface area contributed by atoms with Crippen LogP contribution in [0.1, 0.15) is 32.6 Å². The second-order valence-corrected chi connectivity index (χ2v) is 5.42. The quantitative estimate of drug-likeness (QED) is 0.741. The minimum absolute atomic E-state index is 0.116. The summed E-state index contributed by atoms with van der Waals surface area (Å²) in [6.07, 6.45) is 0.420. The van der Waals surface area contributed by atoms with Crippen LogP contribution in [0.3, 0.4) is 0 Å². The van der Waals surface area contributed by atoms with Crippen molar-refractivity contribution in [2.24, 2.45) is 0 Å². The molecule has 0 N–H and O–H groups in total. The van der Waals surface area contributed by atoms with Crippen molar-refractivity contribution in [1.82, 2.24) is 0 Å². The SMILES string of the molecule is Cc1cc(C)cc(CC(=O)c2cccc(Cl)c2C)c1. The lowest BCUT2D eigenvalue weighted by Gasteiger charge is -2.08. The number of halogens is 1. The number of carbonyl (C=O) groups is 1. The first-order chi connectivity index (χ1) is 8.97. The molecule has 2 heteroatoms. The number of ketones is 1. The van der Waals surface area contributed by atoms with E-state index in [1.807, 2.05) is 39.0 Å². The van der Waals surface area contributed by atoms with Crippen LogP contribution in [0.4, 0.5) is 0 Å². The summed E-state index contributed by atoms with van der Waals surface area (Å²) >= 11 is 6.06. The summed E-state index contributed by atoms with van der Waals surface area (Å²) in [7, 11) is 0. The molecule has 0 aliphatic carbocycles. The molecule has 0 heterocycles. The van der Waals surface area contributed by atoms with E-state index >= 15 is 0 Å². The molecule has 0 fully saturated rings. The largest absolute Gasteiger partial charge is 0.294 e. The predicted molar refractivity (Wildman–Crippen MR) is 80.1 cm³/mol. The van der Waals surface area contributed by atoms with Crippen molar-refractivity contribution < 1.29 is 4.79 Å². The number of aryl methyl sites for hydroxylation is 2. The average Bonchev–Trinajstić information content (AvgIpc) is 2.31. The Kier molecular flexibility index (Phi) is 4.06. The second kappa shape index (κ2) is 5.58. The standard InChI is InChI=1S/C17H17ClO/c1-11-7-12(2)9-14(8-11)10-17(19)15-5-4-6-16(18)13(15)3/h4-9H,10H2,1-3H3. The first-order valence-corrected chi connectivity index (χ1v) is 6.70. The van der Waals surface area contributed by atoms with Gasteiger partial charge in [-0.1, -0.05) is 53.1 Å². The van der Waals surface area contributed by atoms with Crippen LogP contribution in [0.15, 0.2) is 36.4 Å². The Labute approximate surface area is 119 Å². The maximum absolute atomic E-state index is 12.4. The van der Waals surface area contributed by atoms with E-state index in [0.29, 0.717) is 17.0 Å². The van der Waals surface area contributed by atoms with Gasteiger partial charge in [0.15, 0.2) is 5.78 Å². The van der Waals surface area contributed by atoms with Crippen LogP contribution in [0, 0.1) is 20.8 Å². The van der Waals surface area contributed by atoms with Gasteiger partial charge in [-0.3, -0.25) is 4.79 Å². The van der Waals surface area contributed by atoms with Gasteiger partial charge in [0.05, 0.1) is 0 Å². The van der Waals surface area contributed by atoms with E-state index in [1.54, 1.807) is 0 Å². The molecule has 0 aliphatic rings. The second-order valence-electron chi connectivity index (χ2n) is 5.01. The van der Waals surface area contributed by atoms with E-state index < -0.39 is 0 Å². The summed E-state index contributed by atoms with van der Waals surface area (Å²) in [5.74, 6) is 0.116. The molecule has 0 unspecified atom stereocenters. The molecular weight excluding hydrogens is 256 g/mol. The van der Waals surface area contributed by atoms with E-state index in [-0.39, 0.29) is 5.78 Å². The average molecular weight is 273 g/mol. The van der Waals surface area contributed by atoms with Gasteiger partial charge in [-0.2, -0.15) is 0 Å². The summed E-state index contributed by atoms with van der Waals surface area (Å²) in [6.45, 7) is 5.98. The third-order valence-electron chi connectivity index (χ3n) is 3.21. The molecule has 19 heavy (non-hydrogen) atoms. The van der Waals surface area contributed by atoms with Crippen LogP contribution in [0.2, 0.25) is 5.02 Å². The fraction of sp³-hybridized carbons (Fsp3) is 0.235. The molecule has 0 spiro atoms. The lowest BCUT2D eigenvalue weighted by molar-refractivity contribution is 0.0992. The zero-order valence-corrected chi connectivity index (χ0v) is 12.2. The molecule has 0 saturated carbocycles. The molecule has 0 amide bonds. The summed E-state index contributed by atoms with van der Waals surface area (Å²) < 4.78 is 0. The van der Waals surface area contributed by atoms with E-state index in [1.165, 1.54) is 11.1 Å². The number of carbonyl (C=O) groups excluding carboxylic acids is 1. The number of rotatable bonds is 3. The molecule has 0 radical (unpaired) electrons. The summed E-state index contributed by atoms with van der Waals surface area (Å²) in [4.78, 5) is 12.4. The molecule has 0 atom stereocenters. The highest BCUT2D eigenvalue weighted by Crippen LogP contribution is 2.20. The Bertz CT molecular complexity index is 609. The Balaban J connectivity index is 2.28. The van der Waals surface area contributed by atoms with Crippen molar-refractivity contribution in [3.63, 3.8) is 0 Å². The highest BCUT2D eigenvalue weighted by molar-refractivity contribution is 6.31. The van der Waals surface area contributed by atoms with Gasteiger partial charge in [-0.25, -0.2) is 0 Å². The molecule has 2 aromatic carbocycles. The molecule has 1 nitrogen and oxygen atoms in total. The van der Waals surface area contributed by atoms with Gasteiger partial charge in [-0.15, -0.1) is 0 Å². The van der Waals surface area contributed by atoms with Crippen LogP contribution in [-0.2, 0) is 6.42 Å². The lowest BCUT2D eigenvalue weighted by atomic mass is 9.97. The van der Waals surface area contributed by atoms with Crippen LogP contribution in [0.5, 0.6) is 0 Å². The van der Waals surface area contributed by atoms with Crippen molar-refractivity contribution in [3.05, 3.63) is 69.2 Å². The minimum atomic E-state index is 0.116. The fourth-order valence-corrected chi connectivity index (χ4v) is 2.54. The molecular formula is C17H17ClO. The van der Waals surface area contributed by atoms with Gasteiger partial charge in [0.25, 0.3) is 0 Å². The molecule has 2 rings (SSSR count). The maximum Gasteiger partial charge on any atom is 0.167 e. The van der Waals surface area contributed by atoms with Crippen LogP contribution >= 0.6 is 11.6 Å². The van der Waals surface area contributed by atoms with Gasteiger partial charge in [0.1, 0.15) is 0 Å². The smallest absolute Gasteiger partial charge is 0.167 e. The summed E-state index contributed by atoms with van der Waals surface area (Å²) in [6, 6.07) is 11.7. The molecule has 2 aromatic rings. The minimum Gasteiger partial charge on any atom is -0.294 e. The first kappa shape index (κ1) is 13.8. The summed E-state index contributed by atoms with van der Waals surface area (Å²) in [5.41, 5.74) is 5.00. The van der Waals surface area contributed by atoms with E-state index in [2.05, 4.69) is 18.2 Å². The van der Waals surface area contributed by atoms with Crippen molar-refractivity contribution in [2.45, 2.75) is 27.2 Å². The molecule has 0 saturated heterocycles. The van der Waals surface area contributed by atoms with Crippen molar-refractivity contribution in [3.8, 4) is 0 Å². The lowest BCUT2D eigenvalue weighted by Crippen LogP contribution is -2.06. The highest BCUT2D eigenvalue weighted by Gasteiger charge is 2.12. The highest BCUT2D eigenvalue weighted by atomic mass is 35.5. The molecule has 98 valence electrons. The zero-order valence-electron chi connectivity index (χ0n) is 11.5. The van der Waals surface area contributed by atoms with Crippen molar-refractivity contribution in [1.29, 1.82) is 0 Å². The van der Waals surface area contributed by atoms with Crippen LogP contribution in [-0.4, -0.2) is 5.78 Å². The van der Waals surface area contributed by atoms with Crippen molar-refractivity contribution in [2.75, 3.05) is 0 Å². The number of hydrogen-bond donors (Lipinski definition) is 0. The zero-order chi connectivity index (χ0) is 14.0. The molecule has 0 aliphatic heterocycles. The Morgan fingerprint density at radius 1 is 1.05 bits per heavy atom.